The van der Waals surface area contributed by atoms with E-state index in [1.165, 1.54) is 6.08 Å². The molecule has 0 bridgehead atoms. The average molecular weight is 361 g/mol. The van der Waals surface area contributed by atoms with Crippen LogP contribution in [0.1, 0.15) is 26.3 Å². The van der Waals surface area contributed by atoms with Gasteiger partial charge in [-0.2, -0.15) is 0 Å². The molecule has 2 aromatic rings. The first-order chi connectivity index (χ1) is 11.9. The number of rotatable bonds is 4. The summed E-state index contributed by atoms with van der Waals surface area (Å²) in [5.41, 5.74) is 4.53. The number of thiazole rings is 1. The molecule has 1 aliphatic rings. The molecule has 0 N–H and O–H groups in total. The van der Waals surface area contributed by atoms with E-state index in [0.717, 1.165) is 16.8 Å². The maximum atomic E-state index is 11.6. The zero-order valence-corrected chi connectivity index (χ0v) is 15.0. The third-order valence-electron chi connectivity index (χ3n) is 3.06. The summed E-state index contributed by atoms with van der Waals surface area (Å²) in [5, 5.41) is 1.98. The smallest absolute Gasteiger partial charge is 0.337 e. The highest BCUT2D eigenvalue weighted by Gasteiger charge is 2.30. The van der Waals surface area contributed by atoms with Gasteiger partial charge in [-0.3, -0.25) is 4.79 Å². The minimum absolute atomic E-state index is 0.393. The van der Waals surface area contributed by atoms with Gasteiger partial charge in [-0.15, -0.1) is 11.3 Å². The van der Waals surface area contributed by atoms with Crippen LogP contribution < -0.4 is 0 Å². The van der Waals surface area contributed by atoms with Crippen molar-refractivity contribution in [3.05, 3.63) is 46.8 Å². The van der Waals surface area contributed by atoms with Gasteiger partial charge in [0.15, 0.2) is 0 Å². The quantitative estimate of drug-likeness (QED) is 0.611. The van der Waals surface area contributed by atoms with Crippen LogP contribution in [-0.4, -0.2) is 29.8 Å². The molecule has 25 heavy (non-hydrogen) atoms. The fourth-order valence-electron chi connectivity index (χ4n) is 2.09. The molecule has 3 rings (SSSR count). The Labute approximate surface area is 150 Å². The first kappa shape index (κ1) is 18.7. The highest BCUT2D eigenvalue weighted by Crippen LogP contribution is 2.30. The fraction of sp³-hybridized carbons (Fsp3) is 0.278. The van der Waals surface area contributed by atoms with Crippen LogP contribution in [0.4, 0.5) is 0 Å². The summed E-state index contributed by atoms with van der Waals surface area (Å²) in [6.45, 7) is 6.09. The molecule has 0 saturated carbocycles. The highest BCUT2D eigenvalue weighted by atomic mass is 32.1. The molecule has 1 aliphatic heterocycles. The monoisotopic (exact) mass is 361 g/mol. The number of aromatic nitrogens is 1. The molecule has 132 valence electrons. The summed E-state index contributed by atoms with van der Waals surface area (Å²) in [4.78, 5) is 25.1. The molecule has 7 heteroatoms. The minimum atomic E-state index is -0.947. The number of benzene rings is 1. The van der Waals surface area contributed by atoms with Gasteiger partial charge in [0.25, 0.3) is 6.47 Å². The van der Waals surface area contributed by atoms with Crippen molar-refractivity contribution < 1.29 is 23.8 Å². The molecule has 1 aromatic carbocycles. The number of hydrogen-bond donors (Lipinski definition) is 0. The topological polar surface area (TPSA) is 74.7 Å². The Hall–Kier alpha value is -2.67. The van der Waals surface area contributed by atoms with Gasteiger partial charge in [0.1, 0.15) is 5.76 Å². The Morgan fingerprint density at radius 2 is 2.04 bits per heavy atom. The number of cyclic esters (lactones) is 1. The lowest BCUT2D eigenvalue weighted by Gasteiger charge is -2.30. The highest BCUT2D eigenvalue weighted by molar-refractivity contribution is 7.07. The van der Waals surface area contributed by atoms with Crippen molar-refractivity contribution in [2.75, 3.05) is 6.61 Å². The molecular weight excluding hydrogens is 342 g/mol. The second-order valence-electron chi connectivity index (χ2n) is 5.44. The van der Waals surface area contributed by atoms with E-state index in [1.54, 1.807) is 37.6 Å². The van der Waals surface area contributed by atoms with Crippen molar-refractivity contribution in [3.8, 4) is 11.3 Å². The first-order valence-electron chi connectivity index (χ1n) is 7.63. The molecular formula is C18H19NO5S. The van der Waals surface area contributed by atoms with E-state index in [0.29, 0.717) is 18.8 Å². The van der Waals surface area contributed by atoms with E-state index in [2.05, 4.69) is 9.72 Å². The molecule has 0 atom stereocenters. The van der Waals surface area contributed by atoms with Crippen molar-refractivity contribution in [2.45, 2.75) is 26.6 Å². The number of carbonyl (C=O) groups is 2. The van der Waals surface area contributed by atoms with Gasteiger partial charge in [-0.25, -0.2) is 9.78 Å². The number of carbonyl (C=O) groups excluding carboxylic acids is 2. The van der Waals surface area contributed by atoms with Crippen LogP contribution in [0.15, 0.2) is 41.2 Å². The largest absolute Gasteiger partial charge is 0.468 e. The average Bonchev–Trinajstić information content (AvgIpc) is 3.09. The summed E-state index contributed by atoms with van der Waals surface area (Å²) in [7, 11) is 0. The zero-order valence-electron chi connectivity index (χ0n) is 14.2. The zero-order chi connectivity index (χ0) is 18.3. The van der Waals surface area contributed by atoms with Crippen molar-refractivity contribution in [1.82, 2.24) is 4.98 Å². The minimum Gasteiger partial charge on any atom is -0.468 e. The molecule has 0 spiro atoms. The second kappa shape index (κ2) is 8.43. The normalized spacial score (nSPS) is 15.0. The van der Waals surface area contributed by atoms with Crippen LogP contribution in [0.3, 0.4) is 0 Å². The van der Waals surface area contributed by atoms with E-state index in [9.17, 15) is 9.59 Å². The predicted molar refractivity (Wildman–Crippen MR) is 94.5 cm³/mol. The van der Waals surface area contributed by atoms with E-state index in [4.69, 9.17) is 9.47 Å². The van der Waals surface area contributed by atoms with Gasteiger partial charge >= 0.3 is 5.97 Å². The van der Waals surface area contributed by atoms with Crippen molar-refractivity contribution in [3.63, 3.8) is 0 Å². The van der Waals surface area contributed by atoms with Crippen LogP contribution in [0, 0.1) is 0 Å². The Morgan fingerprint density at radius 3 is 2.60 bits per heavy atom. The van der Waals surface area contributed by atoms with Crippen LogP contribution in [-0.2, 0) is 23.8 Å². The summed E-state index contributed by atoms with van der Waals surface area (Å²) in [6.07, 6.45) is 1.37. The Kier molecular flexibility index (Phi) is 6.30. The Morgan fingerprint density at radius 1 is 1.28 bits per heavy atom. The molecule has 0 aliphatic carbocycles. The summed E-state index contributed by atoms with van der Waals surface area (Å²) in [6, 6.07) is 7.75. The van der Waals surface area contributed by atoms with E-state index >= 15 is 0 Å². The van der Waals surface area contributed by atoms with Gasteiger partial charge < -0.3 is 14.2 Å². The molecule has 1 aromatic heterocycles. The van der Waals surface area contributed by atoms with Gasteiger partial charge in [0, 0.05) is 30.4 Å². The predicted octanol–water partition coefficient (Wildman–Crippen LogP) is 3.64. The van der Waals surface area contributed by atoms with Crippen LogP contribution in [0.25, 0.3) is 17.0 Å². The molecule has 2 heterocycles. The molecule has 6 nitrogen and oxygen atoms in total. The SMILES string of the molecule is CC1(C)OC(=O)C=C(c2cccc(-c3cscn3)c2)O1.CCOC=O. The van der Waals surface area contributed by atoms with Gasteiger partial charge in [-0.1, -0.05) is 18.2 Å². The summed E-state index contributed by atoms with van der Waals surface area (Å²) in [5.74, 6) is -0.823. The Balaban J connectivity index is 0.000000399. The van der Waals surface area contributed by atoms with Crippen LogP contribution in [0.2, 0.25) is 0 Å². The number of hydrogen-bond acceptors (Lipinski definition) is 7. The third kappa shape index (κ3) is 5.42. The van der Waals surface area contributed by atoms with Crippen LogP contribution >= 0.6 is 11.3 Å². The number of esters is 1. The van der Waals surface area contributed by atoms with Crippen LogP contribution in [0.5, 0.6) is 0 Å². The number of nitrogens with zero attached hydrogens (tertiary/aromatic N) is 1. The number of ether oxygens (including phenoxy) is 3. The van der Waals surface area contributed by atoms with E-state index in [-0.39, 0.29) is 0 Å². The maximum Gasteiger partial charge on any atom is 0.337 e. The summed E-state index contributed by atoms with van der Waals surface area (Å²) >= 11 is 1.54. The van der Waals surface area contributed by atoms with Crippen molar-refractivity contribution >= 4 is 29.5 Å². The maximum absolute atomic E-state index is 11.6. The second-order valence-corrected chi connectivity index (χ2v) is 6.16. The van der Waals surface area contributed by atoms with Crippen molar-refractivity contribution in [1.29, 1.82) is 0 Å². The van der Waals surface area contributed by atoms with Gasteiger partial charge in [0.05, 0.1) is 23.9 Å². The molecule has 0 unspecified atom stereocenters. The fourth-order valence-corrected chi connectivity index (χ4v) is 2.65. The van der Waals surface area contributed by atoms with Gasteiger partial charge in [-0.05, 0) is 13.0 Å². The molecule has 0 amide bonds. The molecule has 0 fully saturated rings. The molecule has 0 radical (unpaired) electrons. The lowest BCUT2D eigenvalue weighted by atomic mass is 10.1. The lowest BCUT2D eigenvalue weighted by molar-refractivity contribution is -0.193. The molecule has 0 saturated heterocycles. The van der Waals surface area contributed by atoms with Crippen molar-refractivity contribution in [2.24, 2.45) is 0 Å². The lowest BCUT2D eigenvalue weighted by Crippen LogP contribution is -2.33. The third-order valence-corrected chi connectivity index (χ3v) is 3.65. The van der Waals surface area contributed by atoms with E-state index in [1.807, 2.05) is 29.6 Å². The first-order valence-corrected chi connectivity index (χ1v) is 8.57. The Bertz CT molecular complexity index is 753. The summed E-state index contributed by atoms with van der Waals surface area (Å²) < 4.78 is 14.9. The van der Waals surface area contributed by atoms with E-state index < -0.39 is 11.8 Å². The van der Waals surface area contributed by atoms with Gasteiger partial charge in [0.2, 0.25) is 5.79 Å². The standard InChI is InChI=1S/C15H13NO3S.C3H6O2/c1-15(2)18-13(7-14(17)19-15)11-5-3-4-10(6-11)12-8-20-9-16-12;1-2-5-3-4/h3-9H,1-2H3;3H,2H2,1H3.